The smallest absolute Gasteiger partial charge is 0.287 e. The SMILES string of the molecule is NNC(=O)c1cc(CSc2ccccc2Cl)on1. The molecule has 0 aliphatic carbocycles. The van der Waals surface area contributed by atoms with Gasteiger partial charge in [-0.3, -0.25) is 10.2 Å². The molecule has 1 aromatic heterocycles. The minimum Gasteiger partial charge on any atom is -0.360 e. The monoisotopic (exact) mass is 283 g/mol. The van der Waals surface area contributed by atoms with Crippen molar-refractivity contribution in [3.8, 4) is 0 Å². The van der Waals surface area contributed by atoms with Gasteiger partial charge in [0.1, 0.15) is 5.76 Å². The number of nitrogens with two attached hydrogens (primary N) is 1. The molecule has 1 amide bonds. The lowest BCUT2D eigenvalue weighted by atomic mass is 10.4. The molecule has 2 rings (SSSR count). The Hall–Kier alpha value is -1.50. The van der Waals surface area contributed by atoms with E-state index in [1.54, 1.807) is 6.07 Å². The molecule has 0 bridgehead atoms. The van der Waals surface area contributed by atoms with Crippen molar-refractivity contribution in [1.29, 1.82) is 0 Å². The van der Waals surface area contributed by atoms with E-state index in [1.807, 2.05) is 29.7 Å². The van der Waals surface area contributed by atoms with Crippen LogP contribution in [0, 0.1) is 0 Å². The van der Waals surface area contributed by atoms with Crippen LogP contribution in [0.1, 0.15) is 16.2 Å². The first kappa shape index (κ1) is 12.9. The van der Waals surface area contributed by atoms with Gasteiger partial charge < -0.3 is 4.52 Å². The Balaban J connectivity index is 2.01. The normalized spacial score (nSPS) is 10.3. The highest BCUT2D eigenvalue weighted by atomic mass is 35.5. The van der Waals surface area contributed by atoms with E-state index in [-0.39, 0.29) is 5.69 Å². The number of nitrogens with zero attached hydrogens (tertiary/aromatic N) is 1. The number of hydrogen-bond donors (Lipinski definition) is 2. The molecule has 0 saturated carbocycles. The van der Waals surface area contributed by atoms with E-state index in [4.69, 9.17) is 22.0 Å². The Morgan fingerprint density at radius 2 is 2.28 bits per heavy atom. The Morgan fingerprint density at radius 1 is 1.50 bits per heavy atom. The summed E-state index contributed by atoms with van der Waals surface area (Å²) in [4.78, 5) is 12.1. The molecular formula is C11H10ClN3O2S. The van der Waals surface area contributed by atoms with Gasteiger partial charge in [0.25, 0.3) is 5.91 Å². The summed E-state index contributed by atoms with van der Waals surface area (Å²) in [6.45, 7) is 0. The molecule has 0 aliphatic heterocycles. The van der Waals surface area contributed by atoms with Crippen LogP contribution in [-0.2, 0) is 5.75 Å². The van der Waals surface area contributed by atoms with Crippen LogP contribution in [0.2, 0.25) is 5.02 Å². The molecule has 7 heteroatoms. The van der Waals surface area contributed by atoms with E-state index >= 15 is 0 Å². The van der Waals surface area contributed by atoms with Gasteiger partial charge in [-0.1, -0.05) is 28.9 Å². The molecule has 5 nitrogen and oxygen atoms in total. The molecule has 2 aromatic rings. The third kappa shape index (κ3) is 3.04. The molecule has 0 aliphatic rings. The van der Waals surface area contributed by atoms with Crippen molar-refractivity contribution >= 4 is 29.3 Å². The summed E-state index contributed by atoms with van der Waals surface area (Å²) in [6.07, 6.45) is 0. The van der Waals surface area contributed by atoms with Crippen LogP contribution in [0.15, 0.2) is 39.8 Å². The summed E-state index contributed by atoms with van der Waals surface area (Å²) in [7, 11) is 0. The molecule has 0 saturated heterocycles. The standard InChI is InChI=1S/C11H10ClN3O2S/c12-8-3-1-2-4-10(8)18-6-7-5-9(15-17-7)11(16)14-13/h1-5H,6,13H2,(H,14,16). The van der Waals surface area contributed by atoms with Gasteiger partial charge in [0, 0.05) is 11.0 Å². The zero-order valence-electron chi connectivity index (χ0n) is 9.22. The molecule has 1 aromatic carbocycles. The van der Waals surface area contributed by atoms with Crippen molar-refractivity contribution in [2.45, 2.75) is 10.6 Å². The third-order valence-corrected chi connectivity index (χ3v) is 3.67. The number of hydrazine groups is 1. The largest absolute Gasteiger partial charge is 0.360 e. The average Bonchev–Trinajstić information content (AvgIpc) is 2.86. The number of hydrogen-bond acceptors (Lipinski definition) is 5. The minimum absolute atomic E-state index is 0.159. The Labute approximate surface area is 113 Å². The van der Waals surface area contributed by atoms with E-state index in [1.165, 1.54) is 11.8 Å². The number of halogens is 1. The number of amides is 1. The third-order valence-electron chi connectivity index (χ3n) is 2.13. The van der Waals surface area contributed by atoms with Crippen LogP contribution in [0.5, 0.6) is 0 Å². The quantitative estimate of drug-likeness (QED) is 0.389. The number of aromatic nitrogens is 1. The number of carbonyl (C=O) groups excluding carboxylic acids is 1. The molecule has 94 valence electrons. The lowest BCUT2D eigenvalue weighted by molar-refractivity contribution is 0.0944. The molecule has 0 unspecified atom stereocenters. The number of rotatable bonds is 4. The zero-order valence-corrected chi connectivity index (χ0v) is 10.8. The highest BCUT2D eigenvalue weighted by Gasteiger charge is 2.11. The summed E-state index contributed by atoms with van der Waals surface area (Å²) in [5, 5.41) is 4.29. The van der Waals surface area contributed by atoms with E-state index < -0.39 is 5.91 Å². The van der Waals surface area contributed by atoms with Gasteiger partial charge >= 0.3 is 0 Å². The maximum Gasteiger partial charge on any atom is 0.287 e. The molecule has 0 atom stereocenters. The Bertz CT molecular complexity index is 559. The van der Waals surface area contributed by atoms with E-state index in [2.05, 4.69) is 5.16 Å². The average molecular weight is 284 g/mol. The number of nitrogens with one attached hydrogen (secondary N) is 1. The molecule has 0 spiro atoms. The van der Waals surface area contributed by atoms with Crippen molar-refractivity contribution in [2.24, 2.45) is 5.84 Å². The van der Waals surface area contributed by atoms with Crippen molar-refractivity contribution in [3.63, 3.8) is 0 Å². The second-order valence-corrected chi connectivity index (χ2v) is 4.80. The van der Waals surface area contributed by atoms with Gasteiger partial charge in [-0.15, -0.1) is 11.8 Å². The summed E-state index contributed by atoms with van der Waals surface area (Å²) in [5.74, 6) is 5.63. The molecule has 1 heterocycles. The molecule has 18 heavy (non-hydrogen) atoms. The van der Waals surface area contributed by atoms with Crippen LogP contribution in [0.3, 0.4) is 0 Å². The Kier molecular flexibility index (Phi) is 4.24. The molecule has 0 radical (unpaired) electrons. The van der Waals surface area contributed by atoms with Gasteiger partial charge in [0.05, 0.1) is 10.8 Å². The number of carbonyl (C=O) groups is 1. The van der Waals surface area contributed by atoms with Crippen LogP contribution < -0.4 is 11.3 Å². The highest BCUT2D eigenvalue weighted by molar-refractivity contribution is 7.98. The number of thioether (sulfide) groups is 1. The fourth-order valence-electron chi connectivity index (χ4n) is 1.27. The van der Waals surface area contributed by atoms with E-state index in [9.17, 15) is 4.79 Å². The number of benzene rings is 1. The topological polar surface area (TPSA) is 81.1 Å². The zero-order chi connectivity index (χ0) is 13.0. The maximum atomic E-state index is 11.2. The van der Waals surface area contributed by atoms with Crippen molar-refractivity contribution < 1.29 is 9.32 Å². The van der Waals surface area contributed by atoms with Crippen molar-refractivity contribution in [2.75, 3.05) is 0 Å². The first-order chi connectivity index (χ1) is 8.70. The summed E-state index contributed by atoms with van der Waals surface area (Å²) in [5.41, 5.74) is 2.15. The highest BCUT2D eigenvalue weighted by Crippen LogP contribution is 2.29. The fraction of sp³-hybridized carbons (Fsp3) is 0.0909. The van der Waals surface area contributed by atoms with Crippen LogP contribution in [0.4, 0.5) is 0 Å². The first-order valence-electron chi connectivity index (χ1n) is 5.04. The second-order valence-electron chi connectivity index (χ2n) is 3.37. The summed E-state index contributed by atoms with van der Waals surface area (Å²) >= 11 is 7.53. The van der Waals surface area contributed by atoms with Crippen LogP contribution >= 0.6 is 23.4 Å². The molecule has 3 N–H and O–H groups in total. The van der Waals surface area contributed by atoms with Crippen molar-refractivity contribution in [1.82, 2.24) is 10.6 Å². The predicted octanol–water partition coefficient (Wildman–Crippen LogP) is 2.22. The van der Waals surface area contributed by atoms with E-state index in [0.29, 0.717) is 16.5 Å². The fourth-order valence-corrected chi connectivity index (χ4v) is 2.39. The van der Waals surface area contributed by atoms with E-state index in [0.717, 1.165) is 4.90 Å². The first-order valence-corrected chi connectivity index (χ1v) is 6.41. The predicted molar refractivity (Wildman–Crippen MR) is 69.2 cm³/mol. The van der Waals surface area contributed by atoms with Gasteiger partial charge in [-0.05, 0) is 12.1 Å². The molecule has 0 fully saturated rings. The van der Waals surface area contributed by atoms with Gasteiger partial charge in [-0.25, -0.2) is 5.84 Å². The summed E-state index contributed by atoms with van der Waals surface area (Å²) < 4.78 is 5.02. The minimum atomic E-state index is -0.479. The maximum absolute atomic E-state index is 11.2. The lowest BCUT2D eigenvalue weighted by Crippen LogP contribution is -2.30. The molecular weight excluding hydrogens is 274 g/mol. The number of nitrogen functional groups attached to an aromatic ring is 1. The Morgan fingerprint density at radius 3 is 3.00 bits per heavy atom. The van der Waals surface area contributed by atoms with Gasteiger partial charge in [0.2, 0.25) is 0 Å². The van der Waals surface area contributed by atoms with Crippen LogP contribution in [-0.4, -0.2) is 11.1 Å². The van der Waals surface area contributed by atoms with Crippen molar-refractivity contribution in [3.05, 3.63) is 46.8 Å². The summed E-state index contributed by atoms with van der Waals surface area (Å²) in [6, 6.07) is 9.05. The van der Waals surface area contributed by atoms with Gasteiger partial charge in [0.15, 0.2) is 5.69 Å². The lowest BCUT2D eigenvalue weighted by Gasteiger charge is -2.00. The van der Waals surface area contributed by atoms with Gasteiger partial charge in [-0.2, -0.15) is 0 Å². The second kappa shape index (κ2) is 5.90. The van der Waals surface area contributed by atoms with Crippen LogP contribution in [0.25, 0.3) is 0 Å².